The summed E-state index contributed by atoms with van der Waals surface area (Å²) in [6, 6.07) is 10.9. The number of benzene rings is 1. The van der Waals surface area contributed by atoms with E-state index in [0.29, 0.717) is 12.3 Å². The molecular formula is C16H19N3O3. The zero-order valence-corrected chi connectivity index (χ0v) is 12.6. The molecule has 0 saturated carbocycles. The summed E-state index contributed by atoms with van der Waals surface area (Å²) in [4.78, 5) is 24.5. The zero-order chi connectivity index (χ0) is 15.9. The van der Waals surface area contributed by atoms with Gasteiger partial charge in [-0.2, -0.15) is 0 Å². The van der Waals surface area contributed by atoms with Gasteiger partial charge in [-0.05, 0) is 36.4 Å². The summed E-state index contributed by atoms with van der Waals surface area (Å²) in [5.41, 5.74) is 1.62. The minimum atomic E-state index is -0.124. The molecule has 116 valence electrons. The average molecular weight is 301 g/mol. The molecule has 0 aliphatic carbocycles. The quantitative estimate of drug-likeness (QED) is 0.855. The van der Waals surface area contributed by atoms with E-state index in [4.69, 9.17) is 4.42 Å². The van der Waals surface area contributed by atoms with Crippen molar-refractivity contribution in [2.24, 2.45) is 0 Å². The molecule has 1 aromatic heterocycles. The van der Waals surface area contributed by atoms with Gasteiger partial charge in [0.1, 0.15) is 5.76 Å². The van der Waals surface area contributed by atoms with Crippen LogP contribution in [0, 0.1) is 0 Å². The first kappa shape index (κ1) is 15.6. The lowest BCUT2D eigenvalue weighted by Crippen LogP contribution is -2.29. The van der Waals surface area contributed by atoms with Crippen molar-refractivity contribution in [3.63, 3.8) is 0 Å². The Bertz CT molecular complexity index is 621. The third-order valence-corrected chi connectivity index (χ3v) is 3.22. The molecule has 1 aromatic carbocycles. The first-order valence-corrected chi connectivity index (χ1v) is 6.93. The lowest BCUT2D eigenvalue weighted by atomic mass is 10.2. The Labute approximate surface area is 129 Å². The third-order valence-electron chi connectivity index (χ3n) is 3.22. The summed E-state index contributed by atoms with van der Waals surface area (Å²) in [5, 5.41) is 5.78. The number of carbonyl (C=O) groups is 2. The predicted octanol–water partition coefficient (Wildman–Crippen LogP) is 1.99. The summed E-state index contributed by atoms with van der Waals surface area (Å²) in [6.45, 7) is 2.05. The molecule has 0 atom stereocenters. The highest BCUT2D eigenvalue weighted by atomic mass is 16.3. The van der Waals surface area contributed by atoms with Gasteiger partial charge in [-0.15, -0.1) is 0 Å². The van der Waals surface area contributed by atoms with Crippen molar-refractivity contribution in [2.45, 2.75) is 13.5 Å². The van der Waals surface area contributed by atoms with Crippen molar-refractivity contribution in [2.75, 3.05) is 23.8 Å². The van der Waals surface area contributed by atoms with Gasteiger partial charge < -0.3 is 20.0 Å². The SMILES string of the molecule is CC(=O)N(C)c1ccc(NCC(=O)NCc2ccco2)cc1. The van der Waals surface area contributed by atoms with Gasteiger partial charge in [0.2, 0.25) is 11.8 Å². The molecular weight excluding hydrogens is 282 g/mol. The molecule has 0 bridgehead atoms. The fraction of sp³-hybridized carbons (Fsp3) is 0.250. The molecule has 2 rings (SSSR count). The van der Waals surface area contributed by atoms with Crippen molar-refractivity contribution in [3.8, 4) is 0 Å². The lowest BCUT2D eigenvalue weighted by molar-refractivity contribution is -0.119. The van der Waals surface area contributed by atoms with Crippen molar-refractivity contribution >= 4 is 23.2 Å². The van der Waals surface area contributed by atoms with Crippen LogP contribution in [0.4, 0.5) is 11.4 Å². The van der Waals surface area contributed by atoms with Gasteiger partial charge in [0.25, 0.3) is 0 Å². The van der Waals surface area contributed by atoms with Crippen LogP contribution in [0.2, 0.25) is 0 Å². The highest BCUT2D eigenvalue weighted by Gasteiger charge is 2.06. The minimum Gasteiger partial charge on any atom is -0.467 e. The lowest BCUT2D eigenvalue weighted by Gasteiger charge is -2.15. The number of carbonyl (C=O) groups excluding carboxylic acids is 2. The molecule has 6 heteroatoms. The first-order valence-electron chi connectivity index (χ1n) is 6.93. The number of hydrogen-bond acceptors (Lipinski definition) is 4. The molecule has 1 heterocycles. The van der Waals surface area contributed by atoms with E-state index < -0.39 is 0 Å². The average Bonchev–Trinajstić information content (AvgIpc) is 3.04. The fourth-order valence-electron chi connectivity index (χ4n) is 1.83. The van der Waals surface area contributed by atoms with E-state index in [9.17, 15) is 9.59 Å². The van der Waals surface area contributed by atoms with E-state index in [-0.39, 0.29) is 18.4 Å². The molecule has 0 aliphatic heterocycles. The molecule has 0 saturated heterocycles. The standard InChI is InChI=1S/C16H19N3O3/c1-12(20)19(2)14-7-5-13(6-8-14)17-11-16(21)18-10-15-4-3-9-22-15/h3-9,17H,10-11H2,1-2H3,(H,18,21). The van der Waals surface area contributed by atoms with Crippen molar-refractivity contribution in [1.82, 2.24) is 5.32 Å². The highest BCUT2D eigenvalue weighted by Crippen LogP contribution is 2.16. The summed E-state index contributed by atoms with van der Waals surface area (Å²) >= 11 is 0. The molecule has 0 unspecified atom stereocenters. The smallest absolute Gasteiger partial charge is 0.239 e. The Morgan fingerprint density at radius 1 is 1.18 bits per heavy atom. The Balaban J connectivity index is 1.78. The maximum absolute atomic E-state index is 11.7. The van der Waals surface area contributed by atoms with Crippen molar-refractivity contribution in [1.29, 1.82) is 0 Å². The second-order valence-corrected chi connectivity index (χ2v) is 4.83. The van der Waals surface area contributed by atoms with Crippen LogP contribution in [0.1, 0.15) is 12.7 Å². The maximum Gasteiger partial charge on any atom is 0.239 e. The maximum atomic E-state index is 11.7. The summed E-state index contributed by atoms with van der Waals surface area (Å²) in [5.74, 6) is 0.560. The number of nitrogens with zero attached hydrogens (tertiary/aromatic N) is 1. The molecule has 22 heavy (non-hydrogen) atoms. The number of nitrogens with one attached hydrogen (secondary N) is 2. The first-order chi connectivity index (χ1) is 10.6. The van der Waals surface area contributed by atoms with E-state index >= 15 is 0 Å². The van der Waals surface area contributed by atoms with Gasteiger partial charge in [0.05, 0.1) is 19.4 Å². The van der Waals surface area contributed by atoms with E-state index in [2.05, 4.69) is 10.6 Å². The monoisotopic (exact) mass is 301 g/mol. The number of amides is 2. The molecule has 0 radical (unpaired) electrons. The van der Waals surface area contributed by atoms with Gasteiger partial charge in [-0.3, -0.25) is 9.59 Å². The van der Waals surface area contributed by atoms with Crippen LogP contribution in [0.25, 0.3) is 0 Å². The van der Waals surface area contributed by atoms with Gasteiger partial charge >= 0.3 is 0 Å². The second kappa shape index (κ2) is 7.31. The Kier molecular flexibility index (Phi) is 5.19. The van der Waals surface area contributed by atoms with Gasteiger partial charge in [-0.25, -0.2) is 0 Å². The van der Waals surface area contributed by atoms with Crippen LogP contribution >= 0.6 is 0 Å². The normalized spacial score (nSPS) is 10.1. The van der Waals surface area contributed by atoms with Gasteiger partial charge in [0.15, 0.2) is 0 Å². The largest absolute Gasteiger partial charge is 0.467 e. The molecule has 2 aromatic rings. The van der Waals surface area contributed by atoms with Crippen LogP contribution in [-0.2, 0) is 16.1 Å². The van der Waals surface area contributed by atoms with Crippen LogP contribution in [-0.4, -0.2) is 25.4 Å². The van der Waals surface area contributed by atoms with Crippen molar-refractivity contribution < 1.29 is 14.0 Å². The number of hydrogen-bond donors (Lipinski definition) is 2. The summed E-state index contributed by atoms with van der Waals surface area (Å²) < 4.78 is 5.13. The Hall–Kier alpha value is -2.76. The Morgan fingerprint density at radius 3 is 2.50 bits per heavy atom. The topological polar surface area (TPSA) is 74.6 Å². The molecule has 2 amide bonds. The second-order valence-electron chi connectivity index (χ2n) is 4.83. The third kappa shape index (κ3) is 4.37. The van der Waals surface area contributed by atoms with Gasteiger partial charge in [0, 0.05) is 25.3 Å². The molecule has 6 nitrogen and oxygen atoms in total. The number of anilines is 2. The van der Waals surface area contributed by atoms with Crippen LogP contribution < -0.4 is 15.5 Å². The molecule has 0 fully saturated rings. The molecule has 0 aliphatic rings. The minimum absolute atomic E-state index is 0.0296. The molecule has 0 spiro atoms. The van der Waals surface area contributed by atoms with Crippen LogP contribution in [0.15, 0.2) is 47.1 Å². The van der Waals surface area contributed by atoms with Crippen molar-refractivity contribution in [3.05, 3.63) is 48.4 Å². The highest BCUT2D eigenvalue weighted by molar-refractivity contribution is 5.91. The van der Waals surface area contributed by atoms with E-state index in [1.54, 1.807) is 30.3 Å². The molecule has 2 N–H and O–H groups in total. The predicted molar refractivity (Wildman–Crippen MR) is 84.6 cm³/mol. The summed E-state index contributed by atoms with van der Waals surface area (Å²) in [6.07, 6.45) is 1.57. The Morgan fingerprint density at radius 2 is 1.91 bits per heavy atom. The van der Waals surface area contributed by atoms with Crippen LogP contribution in [0.5, 0.6) is 0 Å². The summed E-state index contributed by atoms with van der Waals surface area (Å²) in [7, 11) is 1.72. The zero-order valence-electron chi connectivity index (χ0n) is 12.6. The van der Waals surface area contributed by atoms with E-state index in [1.165, 1.54) is 6.92 Å². The number of furan rings is 1. The van der Waals surface area contributed by atoms with E-state index in [0.717, 1.165) is 11.4 Å². The van der Waals surface area contributed by atoms with Gasteiger partial charge in [-0.1, -0.05) is 0 Å². The van der Waals surface area contributed by atoms with E-state index in [1.807, 2.05) is 24.3 Å². The number of rotatable bonds is 6. The fourth-order valence-corrected chi connectivity index (χ4v) is 1.83. The van der Waals surface area contributed by atoms with Crippen LogP contribution in [0.3, 0.4) is 0 Å².